The van der Waals surface area contributed by atoms with Gasteiger partial charge in [-0.25, -0.2) is 9.97 Å². The highest BCUT2D eigenvalue weighted by Gasteiger charge is 2.38. The number of nitrogens with two attached hydrogens (primary N) is 1. The normalized spacial score (nSPS) is 14.0. The van der Waals surface area contributed by atoms with Gasteiger partial charge in [-0.05, 0) is 18.1 Å². The Bertz CT molecular complexity index is 1170. The van der Waals surface area contributed by atoms with Gasteiger partial charge in [-0.15, -0.1) is 0 Å². The number of ether oxygens (including phenoxy) is 2. The Morgan fingerprint density at radius 3 is 2.71 bits per heavy atom. The molecule has 9 nitrogen and oxygen atoms in total. The summed E-state index contributed by atoms with van der Waals surface area (Å²) in [7, 11) is -4.47. The Morgan fingerprint density at radius 2 is 2.00 bits per heavy atom. The fourth-order valence-corrected chi connectivity index (χ4v) is 4.91. The lowest BCUT2D eigenvalue weighted by molar-refractivity contribution is -0.108. The molecule has 0 aliphatic carbocycles. The van der Waals surface area contributed by atoms with Gasteiger partial charge in [0, 0.05) is 6.54 Å². The van der Waals surface area contributed by atoms with Gasteiger partial charge in [-0.3, -0.25) is 4.57 Å². The number of para-hydroxylation sites is 1. The lowest BCUT2D eigenvalue weighted by Gasteiger charge is -2.14. The number of nitrogen functional groups attached to an aromatic ring is 1. The van der Waals surface area contributed by atoms with Crippen molar-refractivity contribution in [1.29, 1.82) is 0 Å². The van der Waals surface area contributed by atoms with Gasteiger partial charge in [-0.1, -0.05) is 37.7 Å². The molecule has 0 saturated carbocycles. The number of hydrogen-bond acceptors (Lipinski definition) is 8. The highest BCUT2D eigenvalue weighted by molar-refractivity contribution is 7.99. The minimum absolute atomic E-state index is 0.0169. The van der Waals surface area contributed by atoms with Gasteiger partial charge in [0.15, 0.2) is 5.65 Å². The van der Waals surface area contributed by atoms with E-state index in [1.54, 1.807) is 4.57 Å². The van der Waals surface area contributed by atoms with Gasteiger partial charge >= 0.3 is 6.18 Å². The monoisotopic (exact) mass is 519 g/mol. The number of alkyl halides is 3. The molecule has 0 spiro atoms. The Morgan fingerprint density at radius 1 is 1.26 bits per heavy atom. The summed E-state index contributed by atoms with van der Waals surface area (Å²) in [6.07, 6.45) is -5.96. The van der Waals surface area contributed by atoms with E-state index in [0.29, 0.717) is 34.5 Å². The molecule has 0 aliphatic rings. The van der Waals surface area contributed by atoms with Gasteiger partial charge in [-0.2, -0.15) is 18.2 Å². The predicted octanol–water partition coefficient (Wildman–Crippen LogP) is 4.40. The summed E-state index contributed by atoms with van der Waals surface area (Å²) < 4.78 is 61.2. The molecule has 1 aromatic carbocycles. The molecule has 186 valence electrons. The van der Waals surface area contributed by atoms with Crippen LogP contribution in [0, 0.1) is 5.92 Å². The fraction of sp³-hybridized carbons (Fsp3) is 0.450. The third-order valence-electron chi connectivity index (χ3n) is 4.27. The molecule has 0 fully saturated rings. The highest BCUT2D eigenvalue weighted by atomic mass is 32.2. The van der Waals surface area contributed by atoms with Crippen molar-refractivity contribution >= 4 is 36.2 Å². The minimum atomic E-state index is -4.74. The first-order chi connectivity index (χ1) is 15.9. The number of aromatic nitrogens is 4. The Hall–Kier alpha value is -2.34. The van der Waals surface area contributed by atoms with Crippen LogP contribution in [0.2, 0.25) is 0 Å². The van der Waals surface area contributed by atoms with E-state index in [1.807, 2.05) is 24.3 Å². The van der Waals surface area contributed by atoms with Crippen LogP contribution in [0.4, 0.5) is 19.1 Å². The summed E-state index contributed by atoms with van der Waals surface area (Å²) in [6.45, 7) is 4.67. The van der Waals surface area contributed by atoms with E-state index >= 15 is 0 Å². The maximum absolute atomic E-state index is 12.4. The smallest absolute Gasteiger partial charge is 0.398 e. The predicted molar refractivity (Wildman–Crippen MR) is 122 cm³/mol. The second-order valence-electron chi connectivity index (χ2n) is 7.91. The lowest BCUT2D eigenvalue weighted by atomic mass is 10.2. The maximum atomic E-state index is 12.4. The van der Waals surface area contributed by atoms with Crippen molar-refractivity contribution in [3.63, 3.8) is 0 Å². The zero-order valence-corrected chi connectivity index (χ0v) is 20.2. The van der Waals surface area contributed by atoms with Crippen LogP contribution in [0.15, 0.2) is 40.5 Å². The third-order valence-corrected chi connectivity index (χ3v) is 6.75. The van der Waals surface area contributed by atoms with E-state index in [0.717, 1.165) is 4.90 Å². The topological polar surface area (TPSA) is 125 Å². The molecule has 14 heteroatoms. The number of rotatable bonds is 11. The van der Waals surface area contributed by atoms with Crippen molar-refractivity contribution in [2.75, 3.05) is 31.5 Å². The van der Waals surface area contributed by atoms with Crippen molar-refractivity contribution in [2.45, 2.75) is 36.5 Å². The average Bonchev–Trinajstić information content (AvgIpc) is 3.11. The van der Waals surface area contributed by atoms with E-state index < -0.39 is 26.1 Å². The molecule has 0 bridgehead atoms. The first-order valence-corrected chi connectivity index (χ1v) is 13.1. The largest absolute Gasteiger partial charge is 0.492 e. The van der Waals surface area contributed by atoms with Gasteiger partial charge in [0.2, 0.25) is 13.3 Å². The van der Waals surface area contributed by atoms with E-state index in [-0.39, 0.29) is 19.1 Å². The number of fused-ring (bicyclic) bond motifs is 1. The van der Waals surface area contributed by atoms with Crippen LogP contribution >= 0.6 is 19.1 Å². The number of anilines is 1. The molecule has 3 N–H and O–H groups in total. The van der Waals surface area contributed by atoms with Gasteiger partial charge < -0.3 is 24.7 Å². The van der Waals surface area contributed by atoms with Crippen molar-refractivity contribution in [1.82, 2.24) is 19.5 Å². The van der Waals surface area contributed by atoms with E-state index in [9.17, 15) is 22.6 Å². The van der Waals surface area contributed by atoms with Crippen molar-refractivity contribution in [2.24, 2.45) is 5.92 Å². The number of imidazole rings is 1. The van der Waals surface area contributed by atoms with Gasteiger partial charge in [0.25, 0.3) is 0 Å². The SMILES string of the molecule is CC(C)COc1ccccc1Sc1nc(N)nc2c1ncn2CCOCP(=O)(O)CC(F)(F)F. The Kier molecular flexibility index (Phi) is 8.45. The molecular formula is C20H25F3N5O4PS. The van der Waals surface area contributed by atoms with Crippen LogP contribution in [0.5, 0.6) is 5.75 Å². The fourth-order valence-electron chi connectivity index (χ4n) is 2.88. The van der Waals surface area contributed by atoms with E-state index in [4.69, 9.17) is 15.2 Å². The summed E-state index contributed by atoms with van der Waals surface area (Å²) in [4.78, 5) is 23.1. The zero-order valence-electron chi connectivity index (χ0n) is 18.5. The molecule has 2 heterocycles. The molecule has 3 rings (SSSR count). The first kappa shape index (κ1) is 26.3. The Labute approximate surface area is 198 Å². The number of benzene rings is 1. The summed E-state index contributed by atoms with van der Waals surface area (Å²) in [5.41, 5.74) is 6.78. The van der Waals surface area contributed by atoms with Crippen LogP contribution in [0.1, 0.15) is 13.8 Å². The van der Waals surface area contributed by atoms with Crippen LogP contribution in [-0.2, 0) is 15.8 Å². The molecule has 34 heavy (non-hydrogen) atoms. The summed E-state index contributed by atoms with van der Waals surface area (Å²) in [5, 5.41) is 0.507. The van der Waals surface area contributed by atoms with E-state index in [1.165, 1.54) is 18.1 Å². The summed E-state index contributed by atoms with van der Waals surface area (Å²) >= 11 is 1.32. The van der Waals surface area contributed by atoms with Crippen molar-refractivity contribution in [3.8, 4) is 5.75 Å². The van der Waals surface area contributed by atoms with Gasteiger partial charge in [0.1, 0.15) is 28.8 Å². The number of hydrogen-bond donors (Lipinski definition) is 2. The van der Waals surface area contributed by atoms with Crippen molar-refractivity contribution < 1.29 is 32.1 Å². The van der Waals surface area contributed by atoms with E-state index in [2.05, 4.69) is 28.8 Å². The molecule has 0 amide bonds. The number of halogens is 3. The maximum Gasteiger partial charge on any atom is 0.398 e. The van der Waals surface area contributed by atoms with Crippen molar-refractivity contribution in [3.05, 3.63) is 30.6 Å². The average molecular weight is 519 g/mol. The van der Waals surface area contributed by atoms with Crippen LogP contribution in [-0.4, -0.2) is 56.3 Å². The lowest BCUT2D eigenvalue weighted by Crippen LogP contribution is -2.17. The second kappa shape index (κ2) is 10.9. The van der Waals surface area contributed by atoms with Gasteiger partial charge in [0.05, 0.1) is 24.4 Å². The van der Waals surface area contributed by atoms with Crippen LogP contribution < -0.4 is 10.5 Å². The molecular weight excluding hydrogens is 494 g/mol. The van der Waals surface area contributed by atoms with Crippen LogP contribution in [0.3, 0.4) is 0 Å². The zero-order chi connectivity index (χ0) is 24.9. The molecule has 3 aromatic rings. The number of nitrogens with zero attached hydrogens (tertiary/aromatic N) is 4. The summed E-state index contributed by atoms with van der Waals surface area (Å²) in [6, 6.07) is 7.50. The highest BCUT2D eigenvalue weighted by Crippen LogP contribution is 2.45. The third kappa shape index (κ3) is 7.59. The van der Waals surface area contributed by atoms with Crippen LogP contribution in [0.25, 0.3) is 11.2 Å². The minimum Gasteiger partial charge on any atom is -0.492 e. The molecule has 0 saturated heterocycles. The molecule has 1 atom stereocenters. The second-order valence-corrected chi connectivity index (χ2v) is 11.2. The molecule has 1 unspecified atom stereocenters. The first-order valence-electron chi connectivity index (χ1n) is 10.3. The molecule has 0 aliphatic heterocycles. The molecule has 0 radical (unpaired) electrons. The molecule has 2 aromatic heterocycles. The summed E-state index contributed by atoms with van der Waals surface area (Å²) in [5.74, 6) is 1.07. The Balaban J connectivity index is 1.72. The standard InChI is InChI=1S/C20H25F3N5O4PS/c1-13(2)9-32-14-5-3-4-6-15(14)34-18-16-17(26-19(24)27-18)28(11-25-16)7-8-31-12-33(29,30)10-20(21,22)23/h3-6,11,13H,7-10,12H2,1-2H3,(H,29,30)(H2,24,26,27). The quantitative estimate of drug-likeness (QED) is 0.215.